The largest absolute Gasteiger partial charge is 0.393 e. The van der Waals surface area contributed by atoms with Gasteiger partial charge in [0, 0.05) is 6.42 Å². The second-order valence-corrected chi connectivity index (χ2v) is 4.20. The minimum atomic E-state index is -0.169. The van der Waals surface area contributed by atoms with Crippen LogP contribution in [0, 0.1) is 0 Å². The summed E-state index contributed by atoms with van der Waals surface area (Å²) in [6, 6.07) is 0. The van der Waals surface area contributed by atoms with E-state index in [4.69, 9.17) is 4.74 Å². The summed E-state index contributed by atoms with van der Waals surface area (Å²) >= 11 is 0. The highest BCUT2D eigenvalue weighted by molar-refractivity contribution is 5.43. The van der Waals surface area contributed by atoms with Gasteiger partial charge in [0.15, 0.2) is 0 Å². The molecule has 1 N–H and O–H groups in total. The van der Waals surface area contributed by atoms with Gasteiger partial charge in [-0.15, -0.1) is 0 Å². The fraction of sp³-hybridized carbons (Fsp3) is 0.500. The van der Waals surface area contributed by atoms with E-state index >= 15 is 0 Å². The first kappa shape index (κ1) is 8.45. The van der Waals surface area contributed by atoms with Crippen LogP contribution in [0.25, 0.3) is 0 Å². The van der Waals surface area contributed by atoms with Gasteiger partial charge in [-0.25, -0.2) is 0 Å². The number of aliphatic hydroxyl groups excluding tert-OH is 1. The lowest BCUT2D eigenvalue weighted by atomic mass is 9.87. The smallest absolute Gasteiger partial charge is 0.102 e. The topological polar surface area (TPSA) is 29.5 Å². The molecule has 14 heavy (non-hydrogen) atoms. The molecule has 2 aliphatic carbocycles. The van der Waals surface area contributed by atoms with Crippen molar-refractivity contribution in [1.29, 1.82) is 0 Å². The molecular formula is C12H14O2. The van der Waals surface area contributed by atoms with Crippen LogP contribution in [0.4, 0.5) is 0 Å². The van der Waals surface area contributed by atoms with Crippen molar-refractivity contribution in [2.45, 2.75) is 37.6 Å². The van der Waals surface area contributed by atoms with Gasteiger partial charge in [-0.2, -0.15) is 0 Å². The molecule has 2 heteroatoms. The highest BCUT2D eigenvalue weighted by Crippen LogP contribution is 2.39. The summed E-state index contributed by atoms with van der Waals surface area (Å²) in [4.78, 5) is 0. The molecule has 2 nitrogen and oxygen atoms in total. The Morgan fingerprint density at radius 1 is 1.36 bits per heavy atom. The van der Waals surface area contributed by atoms with Crippen molar-refractivity contribution in [2.24, 2.45) is 0 Å². The van der Waals surface area contributed by atoms with Gasteiger partial charge < -0.3 is 9.84 Å². The van der Waals surface area contributed by atoms with Gasteiger partial charge in [-0.1, -0.05) is 24.3 Å². The molecule has 0 spiro atoms. The van der Waals surface area contributed by atoms with Crippen LogP contribution in [-0.4, -0.2) is 23.4 Å². The summed E-state index contributed by atoms with van der Waals surface area (Å²) in [7, 11) is 0. The monoisotopic (exact) mass is 190 g/mol. The number of rotatable bonds is 0. The maximum Gasteiger partial charge on any atom is 0.102 e. The molecule has 0 aromatic rings. The second-order valence-electron chi connectivity index (χ2n) is 4.20. The van der Waals surface area contributed by atoms with Crippen molar-refractivity contribution >= 4 is 0 Å². The lowest BCUT2D eigenvalue weighted by Gasteiger charge is -2.24. The van der Waals surface area contributed by atoms with Gasteiger partial charge in [-0.05, 0) is 24.0 Å². The van der Waals surface area contributed by atoms with Gasteiger partial charge in [0.2, 0.25) is 0 Å². The predicted octanol–water partition coefficient (Wildman–Crippen LogP) is 1.72. The zero-order valence-corrected chi connectivity index (χ0v) is 8.02. The first-order valence-corrected chi connectivity index (χ1v) is 5.26. The molecule has 1 heterocycles. The van der Waals surface area contributed by atoms with Crippen LogP contribution in [0.1, 0.15) is 19.3 Å². The summed E-state index contributed by atoms with van der Waals surface area (Å²) in [5.74, 6) is 0. The fourth-order valence-corrected chi connectivity index (χ4v) is 2.57. The van der Waals surface area contributed by atoms with E-state index in [1.165, 1.54) is 11.1 Å². The van der Waals surface area contributed by atoms with Crippen molar-refractivity contribution in [2.75, 3.05) is 0 Å². The van der Waals surface area contributed by atoms with Crippen LogP contribution in [-0.2, 0) is 4.74 Å². The van der Waals surface area contributed by atoms with Gasteiger partial charge >= 0.3 is 0 Å². The molecule has 3 aliphatic rings. The molecule has 1 aliphatic heterocycles. The summed E-state index contributed by atoms with van der Waals surface area (Å²) in [6.45, 7) is 0. The summed E-state index contributed by atoms with van der Waals surface area (Å²) in [5, 5.41) is 9.55. The van der Waals surface area contributed by atoms with Crippen LogP contribution >= 0.6 is 0 Å². The van der Waals surface area contributed by atoms with Gasteiger partial charge in [0.25, 0.3) is 0 Å². The molecule has 1 saturated carbocycles. The third kappa shape index (κ3) is 1.18. The van der Waals surface area contributed by atoms with E-state index < -0.39 is 0 Å². The van der Waals surface area contributed by atoms with Crippen molar-refractivity contribution in [3.63, 3.8) is 0 Å². The van der Waals surface area contributed by atoms with E-state index in [2.05, 4.69) is 18.2 Å². The van der Waals surface area contributed by atoms with Crippen molar-refractivity contribution < 1.29 is 9.84 Å². The second kappa shape index (κ2) is 3.07. The molecule has 3 unspecified atom stereocenters. The van der Waals surface area contributed by atoms with Crippen LogP contribution in [0.3, 0.4) is 0 Å². The Morgan fingerprint density at radius 2 is 2.29 bits per heavy atom. The molecule has 0 radical (unpaired) electrons. The Kier molecular flexibility index (Phi) is 1.85. The van der Waals surface area contributed by atoms with E-state index in [1.807, 2.05) is 6.08 Å². The third-order valence-electron chi connectivity index (χ3n) is 3.28. The van der Waals surface area contributed by atoms with Crippen molar-refractivity contribution in [3.8, 4) is 0 Å². The Hall–Kier alpha value is -0.860. The number of allylic oxidation sites excluding steroid dienone is 2. The first-order valence-electron chi connectivity index (χ1n) is 5.26. The number of fused-ring (bicyclic) bond motifs is 2. The highest BCUT2D eigenvalue weighted by atomic mass is 16.5. The lowest BCUT2D eigenvalue weighted by molar-refractivity contribution is 0.0209. The van der Waals surface area contributed by atoms with Crippen LogP contribution in [0.2, 0.25) is 0 Å². The minimum absolute atomic E-state index is 0.158. The number of hydrogen-bond acceptors (Lipinski definition) is 2. The van der Waals surface area contributed by atoms with Crippen LogP contribution < -0.4 is 0 Å². The van der Waals surface area contributed by atoms with Gasteiger partial charge in [0.05, 0.1) is 12.2 Å². The summed E-state index contributed by atoms with van der Waals surface area (Å²) in [6.07, 6.45) is 11.2. The van der Waals surface area contributed by atoms with E-state index in [0.717, 1.165) is 19.3 Å². The Morgan fingerprint density at radius 3 is 3.21 bits per heavy atom. The van der Waals surface area contributed by atoms with Crippen molar-refractivity contribution in [1.82, 2.24) is 0 Å². The molecule has 0 aromatic heterocycles. The molecule has 3 atom stereocenters. The zero-order chi connectivity index (χ0) is 9.54. The van der Waals surface area contributed by atoms with E-state index in [0.29, 0.717) is 0 Å². The Labute approximate surface area is 83.6 Å². The average molecular weight is 190 g/mol. The summed E-state index contributed by atoms with van der Waals surface area (Å²) in [5.41, 5.74) is 2.75. The molecule has 74 valence electrons. The summed E-state index contributed by atoms with van der Waals surface area (Å²) < 4.78 is 5.87. The quantitative estimate of drug-likeness (QED) is 0.630. The lowest BCUT2D eigenvalue weighted by Crippen LogP contribution is -2.25. The fourth-order valence-electron chi connectivity index (χ4n) is 2.57. The number of ether oxygens (including phenoxy) is 1. The predicted molar refractivity (Wildman–Crippen MR) is 53.8 cm³/mol. The van der Waals surface area contributed by atoms with Gasteiger partial charge in [-0.3, -0.25) is 0 Å². The van der Waals surface area contributed by atoms with Crippen molar-refractivity contribution in [3.05, 3.63) is 35.5 Å². The molecule has 3 rings (SSSR count). The van der Waals surface area contributed by atoms with Crippen LogP contribution in [0.5, 0.6) is 0 Å². The molecule has 1 fully saturated rings. The zero-order valence-electron chi connectivity index (χ0n) is 8.02. The normalized spacial score (nSPS) is 39.9. The standard InChI is InChI=1S/C12H14O2/c13-8-5-6-10-9-3-1-2-4-11(9)14-12(10)7-8/h1-4,8,11-13H,5-7H2. The average Bonchev–Trinajstić information content (AvgIpc) is 2.54. The Bertz CT molecular complexity index is 338. The SMILES string of the molecule is OC1CCC2=C3C=CC=CC3OC2C1. The third-order valence-corrected chi connectivity index (χ3v) is 3.28. The van der Waals surface area contributed by atoms with Gasteiger partial charge in [0.1, 0.15) is 6.10 Å². The van der Waals surface area contributed by atoms with Crippen LogP contribution in [0.15, 0.2) is 35.5 Å². The van der Waals surface area contributed by atoms with E-state index in [-0.39, 0.29) is 18.3 Å². The van der Waals surface area contributed by atoms with E-state index in [9.17, 15) is 5.11 Å². The molecule has 0 amide bonds. The molecular weight excluding hydrogens is 176 g/mol. The molecule has 0 saturated heterocycles. The maximum absolute atomic E-state index is 9.55. The highest BCUT2D eigenvalue weighted by Gasteiger charge is 2.36. The van der Waals surface area contributed by atoms with E-state index in [1.54, 1.807) is 0 Å². The maximum atomic E-state index is 9.55. The minimum Gasteiger partial charge on any atom is -0.393 e. The molecule has 0 aromatic carbocycles. The number of hydrogen-bond donors (Lipinski definition) is 1. The number of aliphatic hydroxyl groups is 1. The Balaban J connectivity index is 1.94. The molecule has 0 bridgehead atoms. The first-order chi connectivity index (χ1) is 6.84.